The molecule has 3 rings (SSSR count). The maximum Gasteiger partial charge on any atom is 0.243 e. The van der Waals surface area contributed by atoms with Gasteiger partial charge >= 0.3 is 0 Å². The molecule has 0 spiro atoms. The van der Waals surface area contributed by atoms with Crippen LogP contribution >= 0.6 is 0 Å². The van der Waals surface area contributed by atoms with Crippen LogP contribution < -0.4 is 5.32 Å². The summed E-state index contributed by atoms with van der Waals surface area (Å²) in [5.74, 6) is 1.00. The Bertz CT molecular complexity index is 446. The standard InChI is InChI=1S/C18H33N5O/c1-21(2)17(24)14-19-18(20-15-8-9-15)23-12-10-22(11-13-23)16-6-4-3-5-7-16/h15-16H,3-14H2,1-2H3,(H,19,20). The summed E-state index contributed by atoms with van der Waals surface area (Å²) in [5, 5.41) is 3.54. The molecular weight excluding hydrogens is 302 g/mol. The highest BCUT2D eigenvalue weighted by Crippen LogP contribution is 2.24. The van der Waals surface area contributed by atoms with Gasteiger partial charge in [0, 0.05) is 52.4 Å². The Labute approximate surface area is 146 Å². The van der Waals surface area contributed by atoms with Crippen LogP contribution in [0.4, 0.5) is 0 Å². The third-order valence-electron chi connectivity index (χ3n) is 5.48. The van der Waals surface area contributed by atoms with E-state index in [0.717, 1.165) is 38.2 Å². The van der Waals surface area contributed by atoms with Gasteiger partial charge in [-0.2, -0.15) is 0 Å². The van der Waals surface area contributed by atoms with Crippen LogP contribution in [0.15, 0.2) is 4.99 Å². The summed E-state index contributed by atoms with van der Waals surface area (Å²) in [6.45, 7) is 4.52. The van der Waals surface area contributed by atoms with Gasteiger partial charge in [-0.05, 0) is 25.7 Å². The zero-order chi connectivity index (χ0) is 16.9. The summed E-state index contributed by atoms with van der Waals surface area (Å²) in [4.78, 5) is 23.1. The molecule has 1 heterocycles. The van der Waals surface area contributed by atoms with Crippen LogP contribution in [0, 0.1) is 0 Å². The van der Waals surface area contributed by atoms with E-state index in [-0.39, 0.29) is 12.5 Å². The van der Waals surface area contributed by atoms with Gasteiger partial charge in [0.05, 0.1) is 0 Å². The van der Waals surface area contributed by atoms with Gasteiger partial charge in [0.25, 0.3) is 0 Å². The first-order chi connectivity index (χ1) is 11.6. The molecule has 136 valence electrons. The van der Waals surface area contributed by atoms with Gasteiger partial charge in [-0.15, -0.1) is 0 Å². The van der Waals surface area contributed by atoms with Crippen LogP contribution in [0.5, 0.6) is 0 Å². The zero-order valence-electron chi connectivity index (χ0n) is 15.3. The van der Waals surface area contributed by atoms with Gasteiger partial charge in [-0.3, -0.25) is 9.69 Å². The normalized spacial score (nSPS) is 24.1. The van der Waals surface area contributed by atoms with Crippen LogP contribution in [-0.2, 0) is 4.79 Å². The van der Waals surface area contributed by atoms with Crippen molar-refractivity contribution in [2.75, 3.05) is 46.8 Å². The van der Waals surface area contributed by atoms with Crippen LogP contribution in [0.25, 0.3) is 0 Å². The largest absolute Gasteiger partial charge is 0.353 e. The van der Waals surface area contributed by atoms with E-state index in [0.29, 0.717) is 6.04 Å². The number of likely N-dealkylation sites (N-methyl/N-ethyl adjacent to an activating group) is 1. The molecule has 1 saturated heterocycles. The van der Waals surface area contributed by atoms with E-state index in [1.165, 1.54) is 44.9 Å². The minimum absolute atomic E-state index is 0.0611. The van der Waals surface area contributed by atoms with Gasteiger partial charge in [-0.1, -0.05) is 19.3 Å². The number of nitrogens with zero attached hydrogens (tertiary/aromatic N) is 4. The van der Waals surface area contributed by atoms with Gasteiger partial charge in [0.2, 0.25) is 5.91 Å². The van der Waals surface area contributed by atoms with Crippen molar-refractivity contribution in [3.05, 3.63) is 0 Å². The SMILES string of the molecule is CN(C)C(=O)CN=C(NC1CC1)N1CCN(C2CCCCC2)CC1. The molecular formula is C18H33N5O. The molecule has 0 aromatic carbocycles. The van der Waals surface area contributed by atoms with E-state index in [1.807, 2.05) is 0 Å². The number of hydrogen-bond donors (Lipinski definition) is 1. The zero-order valence-corrected chi connectivity index (χ0v) is 15.3. The van der Waals surface area contributed by atoms with Crippen molar-refractivity contribution in [3.8, 4) is 0 Å². The molecule has 0 atom stereocenters. The second kappa shape index (κ2) is 8.19. The van der Waals surface area contributed by atoms with Crippen LogP contribution in [0.1, 0.15) is 44.9 Å². The third-order valence-corrected chi connectivity index (χ3v) is 5.48. The molecule has 0 aromatic heterocycles. The fraction of sp³-hybridized carbons (Fsp3) is 0.889. The summed E-state index contributed by atoms with van der Waals surface area (Å²) in [5.41, 5.74) is 0. The first kappa shape index (κ1) is 17.5. The second-order valence-corrected chi connectivity index (χ2v) is 7.66. The lowest BCUT2D eigenvalue weighted by Crippen LogP contribution is -2.55. The Morgan fingerprint density at radius 3 is 2.29 bits per heavy atom. The lowest BCUT2D eigenvalue weighted by atomic mass is 9.94. The molecule has 3 fully saturated rings. The molecule has 1 N–H and O–H groups in total. The van der Waals surface area contributed by atoms with E-state index in [2.05, 4.69) is 20.1 Å². The van der Waals surface area contributed by atoms with Crippen LogP contribution in [-0.4, -0.2) is 85.5 Å². The fourth-order valence-electron chi connectivity index (χ4n) is 3.68. The van der Waals surface area contributed by atoms with E-state index in [9.17, 15) is 4.79 Å². The minimum atomic E-state index is 0.0611. The Morgan fingerprint density at radius 1 is 1.04 bits per heavy atom. The number of guanidine groups is 1. The molecule has 0 radical (unpaired) electrons. The Hall–Kier alpha value is -1.30. The topological polar surface area (TPSA) is 51.2 Å². The number of carbonyl (C=O) groups excluding carboxylic acids is 1. The third kappa shape index (κ3) is 4.85. The fourth-order valence-corrected chi connectivity index (χ4v) is 3.68. The Kier molecular flexibility index (Phi) is 5.98. The summed E-state index contributed by atoms with van der Waals surface area (Å²) in [6.07, 6.45) is 9.40. The molecule has 24 heavy (non-hydrogen) atoms. The van der Waals surface area contributed by atoms with Crippen molar-refractivity contribution in [1.29, 1.82) is 0 Å². The van der Waals surface area contributed by atoms with Crippen molar-refractivity contribution in [1.82, 2.24) is 20.0 Å². The number of piperazine rings is 1. The molecule has 2 saturated carbocycles. The predicted molar refractivity (Wildman–Crippen MR) is 97.2 cm³/mol. The van der Waals surface area contributed by atoms with Gasteiger partial charge < -0.3 is 15.1 Å². The maximum atomic E-state index is 11.9. The predicted octanol–water partition coefficient (Wildman–Crippen LogP) is 1.13. The quantitative estimate of drug-likeness (QED) is 0.618. The van der Waals surface area contributed by atoms with E-state index >= 15 is 0 Å². The summed E-state index contributed by atoms with van der Waals surface area (Å²) in [7, 11) is 3.57. The molecule has 6 nitrogen and oxygen atoms in total. The molecule has 1 amide bonds. The summed E-state index contributed by atoms with van der Waals surface area (Å²) < 4.78 is 0. The highest BCUT2D eigenvalue weighted by molar-refractivity contribution is 5.85. The van der Waals surface area contributed by atoms with Crippen molar-refractivity contribution in [2.24, 2.45) is 4.99 Å². The Morgan fingerprint density at radius 2 is 1.71 bits per heavy atom. The number of amides is 1. The average Bonchev–Trinajstić information content (AvgIpc) is 3.43. The van der Waals surface area contributed by atoms with Crippen molar-refractivity contribution in [2.45, 2.75) is 57.0 Å². The lowest BCUT2D eigenvalue weighted by molar-refractivity contribution is -0.127. The monoisotopic (exact) mass is 335 g/mol. The van der Waals surface area contributed by atoms with Crippen LogP contribution in [0.2, 0.25) is 0 Å². The first-order valence-corrected chi connectivity index (χ1v) is 9.63. The summed E-state index contributed by atoms with van der Waals surface area (Å²) in [6, 6.07) is 1.36. The minimum Gasteiger partial charge on any atom is -0.353 e. The second-order valence-electron chi connectivity index (χ2n) is 7.66. The summed E-state index contributed by atoms with van der Waals surface area (Å²) >= 11 is 0. The van der Waals surface area contributed by atoms with E-state index in [1.54, 1.807) is 19.0 Å². The molecule has 6 heteroatoms. The molecule has 0 bridgehead atoms. The molecule has 3 aliphatic rings. The molecule has 0 unspecified atom stereocenters. The Balaban J connectivity index is 1.53. The smallest absolute Gasteiger partial charge is 0.243 e. The number of carbonyl (C=O) groups is 1. The van der Waals surface area contributed by atoms with Gasteiger partial charge in [0.1, 0.15) is 6.54 Å². The van der Waals surface area contributed by atoms with E-state index < -0.39 is 0 Å². The number of nitrogens with one attached hydrogen (secondary N) is 1. The number of aliphatic imine (C=N–C) groups is 1. The van der Waals surface area contributed by atoms with Crippen molar-refractivity contribution >= 4 is 11.9 Å². The average molecular weight is 335 g/mol. The van der Waals surface area contributed by atoms with Gasteiger partial charge in [-0.25, -0.2) is 4.99 Å². The highest BCUT2D eigenvalue weighted by atomic mass is 16.2. The molecule has 1 aliphatic heterocycles. The van der Waals surface area contributed by atoms with Crippen molar-refractivity contribution < 1.29 is 4.79 Å². The maximum absolute atomic E-state index is 11.9. The lowest BCUT2D eigenvalue weighted by Gasteiger charge is -2.41. The first-order valence-electron chi connectivity index (χ1n) is 9.63. The molecule has 2 aliphatic carbocycles. The number of hydrogen-bond acceptors (Lipinski definition) is 3. The van der Waals surface area contributed by atoms with Crippen LogP contribution in [0.3, 0.4) is 0 Å². The molecule has 0 aromatic rings. The number of rotatable bonds is 4. The highest BCUT2D eigenvalue weighted by Gasteiger charge is 2.29. The van der Waals surface area contributed by atoms with E-state index in [4.69, 9.17) is 0 Å². The van der Waals surface area contributed by atoms with Crippen molar-refractivity contribution in [3.63, 3.8) is 0 Å². The van der Waals surface area contributed by atoms with Gasteiger partial charge in [0.15, 0.2) is 5.96 Å².